The normalized spacial score (nSPS) is 13.6. The highest BCUT2D eigenvalue weighted by atomic mass is 16.5. The lowest BCUT2D eigenvalue weighted by atomic mass is 10.0. The van der Waals surface area contributed by atoms with Crippen LogP contribution in [0, 0.1) is 6.92 Å². The maximum atomic E-state index is 6.26. The Morgan fingerprint density at radius 1 is 0.950 bits per heavy atom. The van der Waals surface area contributed by atoms with Gasteiger partial charge in [0.25, 0.3) is 0 Å². The molecule has 106 valence electrons. The smallest absolute Gasteiger partial charge is 0.161 e. The van der Waals surface area contributed by atoms with E-state index in [0.717, 1.165) is 11.3 Å². The molecule has 2 N–H and O–H groups in total. The van der Waals surface area contributed by atoms with Crippen LogP contribution in [0.5, 0.6) is 11.5 Å². The molecule has 3 nitrogen and oxygen atoms in total. The molecule has 20 heavy (non-hydrogen) atoms. The van der Waals surface area contributed by atoms with Crippen molar-refractivity contribution in [3.63, 3.8) is 0 Å². The number of aryl methyl sites for hydroxylation is 1. The van der Waals surface area contributed by atoms with Crippen molar-refractivity contribution >= 4 is 0 Å². The number of benzene rings is 2. The molecule has 0 aliphatic rings. The Morgan fingerprint density at radius 2 is 1.55 bits per heavy atom. The van der Waals surface area contributed by atoms with Gasteiger partial charge in [0.2, 0.25) is 0 Å². The summed E-state index contributed by atoms with van der Waals surface area (Å²) < 4.78 is 11.2. The molecule has 0 aromatic heterocycles. The number of methoxy groups -OCH3 is 1. The van der Waals surface area contributed by atoms with E-state index in [4.69, 9.17) is 15.2 Å². The van der Waals surface area contributed by atoms with Crippen LogP contribution in [0.4, 0.5) is 0 Å². The highest BCUT2D eigenvalue weighted by molar-refractivity contribution is 5.39. The van der Waals surface area contributed by atoms with Crippen molar-refractivity contribution in [2.24, 2.45) is 5.73 Å². The lowest BCUT2D eigenvalue weighted by Gasteiger charge is -2.23. The molecule has 2 rings (SSSR count). The van der Waals surface area contributed by atoms with Gasteiger partial charge in [-0.05, 0) is 31.5 Å². The van der Waals surface area contributed by atoms with Gasteiger partial charge in [0, 0.05) is 0 Å². The molecular weight excluding hydrogens is 250 g/mol. The van der Waals surface area contributed by atoms with E-state index < -0.39 is 0 Å². The fraction of sp³-hybridized carbons (Fsp3) is 0.294. The fourth-order valence-electron chi connectivity index (χ4n) is 2.05. The van der Waals surface area contributed by atoms with Crippen LogP contribution in [0.15, 0.2) is 48.5 Å². The van der Waals surface area contributed by atoms with E-state index in [9.17, 15) is 0 Å². The molecule has 2 aromatic carbocycles. The third kappa shape index (κ3) is 3.31. The minimum Gasteiger partial charge on any atom is -0.493 e. The van der Waals surface area contributed by atoms with Crippen molar-refractivity contribution in [1.82, 2.24) is 0 Å². The van der Waals surface area contributed by atoms with Gasteiger partial charge in [0.05, 0.1) is 13.2 Å². The van der Waals surface area contributed by atoms with Gasteiger partial charge in [-0.1, -0.05) is 42.0 Å². The second-order valence-corrected chi connectivity index (χ2v) is 4.91. The van der Waals surface area contributed by atoms with Crippen LogP contribution >= 0.6 is 0 Å². The summed E-state index contributed by atoms with van der Waals surface area (Å²) >= 11 is 0. The predicted octanol–water partition coefficient (Wildman–Crippen LogP) is 3.47. The number of hydrogen-bond donors (Lipinski definition) is 1. The molecule has 0 saturated heterocycles. The molecular formula is C17H21NO2. The van der Waals surface area contributed by atoms with E-state index in [1.807, 2.05) is 43.3 Å². The number of hydrogen-bond acceptors (Lipinski definition) is 3. The maximum Gasteiger partial charge on any atom is 0.161 e. The van der Waals surface area contributed by atoms with Gasteiger partial charge < -0.3 is 15.2 Å². The highest BCUT2D eigenvalue weighted by Gasteiger charge is 2.17. The summed E-state index contributed by atoms with van der Waals surface area (Å²) in [5.74, 6) is 1.43. The number of nitrogens with two attached hydrogens (primary N) is 1. The van der Waals surface area contributed by atoms with Crippen molar-refractivity contribution in [3.05, 3.63) is 59.7 Å². The lowest BCUT2D eigenvalue weighted by molar-refractivity contribution is 0.183. The first-order valence-corrected chi connectivity index (χ1v) is 6.73. The number of para-hydroxylation sites is 2. The molecule has 2 aromatic rings. The van der Waals surface area contributed by atoms with Crippen molar-refractivity contribution < 1.29 is 9.47 Å². The molecule has 0 radical (unpaired) electrons. The summed E-state index contributed by atoms with van der Waals surface area (Å²) in [5.41, 5.74) is 8.55. The first-order valence-electron chi connectivity index (χ1n) is 6.73. The van der Waals surface area contributed by atoms with Crippen molar-refractivity contribution in [2.45, 2.75) is 26.0 Å². The van der Waals surface area contributed by atoms with E-state index in [-0.39, 0.29) is 12.1 Å². The maximum absolute atomic E-state index is 6.26. The Hall–Kier alpha value is -2.00. The Balaban J connectivity index is 2.11. The molecule has 2 unspecified atom stereocenters. The minimum absolute atomic E-state index is 0.144. The summed E-state index contributed by atoms with van der Waals surface area (Å²) in [4.78, 5) is 0. The summed E-state index contributed by atoms with van der Waals surface area (Å²) in [6, 6.07) is 15.6. The first-order chi connectivity index (χ1) is 9.61. The molecule has 3 heteroatoms. The van der Waals surface area contributed by atoms with Gasteiger partial charge in [-0.3, -0.25) is 0 Å². The lowest BCUT2D eigenvalue weighted by Crippen LogP contribution is -2.28. The van der Waals surface area contributed by atoms with Gasteiger partial charge in [-0.2, -0.15) is 0 Å². The van der Waals surface area contributed by atoms with E-state index in [1.165, 1.54) is 5.56 Å². The molecule has 0 aliphatic carbocycles. The van der Waals surface area contributed by atoms with Crippen molar-refractivity contribution in [2.75, 3.05) is 7.11 Å². The SMILES string of the molecule is COc1ccccc1OC(C)C(N)c1ccc(C)cc1. The van der Waals surface area contributed by atoms with Crippen LogP contribution in [-0.2, 0) is 0 Å². The predicted molar refractivity (Wildman–Crippen MR) is 81.2 cm³/mol. The summed E-state index contributed by atoms with van der Waals surface area (Å²) in [7, 11) is 1.63. The van der Waals surface area contributed by atoms with Gasteiger partial charge in [-0.15, -0.1) is 0 Å². The van der Waals surface area contributed by atoms with E-state index in [1.54, 1.807) is 7.11 Å². The minimum atomic E-state index is -0.180. The monoisotopic (exact) mass is 271 g/mol. The largest absolute Gasteiger partial charge is 0.493 e. The number of rotatable bonds is 5. The molecule has 0 spiro atoms. The zero-order valence-electron chi connectivity index (χ0n) is 12.2. The summed E-state index contributed by atoms with van der Waals surface area (Å²) in [5, 5.41) is 0. The molecule has 0 amide bonds. The molecule has 2 atom stereocenters. The third-order valence-electron chi connectivity index (χ3n) is 3.35. The molecule has 0 fully saturated rings. The van der Waals surface area contributed by atoms with Crippen LogP contribution in [0.1, 0.15) is 24.1 Å². The van der Waals surface area contributed by atoms with Crippen LogP contribution in [0.25, 0.3) is 0 Å². The second kappa shape index (κ2) is 6.44. The standard InChI is InChI=1S/C17H21NO2/c1-12-8-10-14(11-9-12)17(18)13(2)20-16-7-5-4-6-15(16)19-3/h4-11,13,17H,18H2,1-3H3. The van der Waals surface area contributed by atoms with Crippen LogP contribution in [0.3, 0.4) is 0 Å². The Labute approximate surface area is 120 Å². The second-order valence-electron chi connectivity index (χ2n) is 4.91. The van der Waals surface area contributed by atoms with Gasteiger partial charge in [0.15, 0.2) is 11.5 Å². The number of ether oxygens (including phenoxy) is 2. The fourth-order valence-corrected chi connectivity index (χ4v) is 2.05. The van der Waals surface area contributed by atoms with Crippen LogP contribution < -0.4 is 15.2 Å². The van der Waals surface area contributed by atoms with Crippen LogP contribution in [0.2, 0.25) is 0 Å². The molecule has 0 heterocycles. The summed E-state index contributed by atoms with van der Waals surface area (Å²) in [6.07, 6.45) is -0.144. The zero-order valence-corrected chi connectivity index (χ0v) is 12.2. The Morgan fingerprint density at radius 3 is 2.15 bits per heavy atom. The Bertz CT molecular complexity index is 551. The van der Waals surface area contributed by atoms with Crippen LogP contribution in [-0.4, -0.2) is 13.2 Å². The quantitative estimate of drug-likeness (QED) is 0.905. The summed E-state index contributed by atoms with van der Waals surface area (Å²) in [6.45, 7) is 4.03. The Kier molecular flexibility index (Phi) is 4.64. The van der Waals surface area contributed by atoms with Gasteiger partial charge >= 0.3 is 0 Å². The van der Waals surface area contributed by atoms with E-state index in [2.05, 4.69) is 19.1 Å². The van der Waals surface area contributed by atoms with Gasteiger partial charge in [0.1, 0.15) is 6.10 Å². The average molecular weight is 271 g/mol. The third-order valence-corrected chi connectivity index (χ3v) is 3.35. The van der Waals surface area contributed by atoms with Crippen molar-refractivity contribution in [1.29, 1.82) is 0 Å². The van der Waals surface area contributed by atoms with Gasteiger partial charge in [-0.25, -0.2) is 0 Å². The molecule has 0 aliphatic heterocycles. The topological polar surface area (TPSA) is 44.5 Å². The van der Waals surface area contributed by atoms with Crippen molar-refractivity contribution in [3.8, 4) is 11.5 Å². The highest BCUT2D eigenvalue weighted by Crippen LogP contribution is 2.29. The van der Waals surface area contributed by atoms with E-state index in [0.29, 0.717) is 5.75 Å². The van der Waals surface area contributed by atoms with E-state index >= 15 is 0 Å². The molecule has 0 bridgehead atoms. The first kappa shape index (κ1) is 14.4. The molecule has 0 saturated carbocycles. The zero-order chi connectivity index (χ0) is 14.5. The average Bonchev–Trinajstić information content (AvgIpc) is 2.48.